The predicted molar refractivity (Wildman–Crippen MR) is 107 cm³/mol. The minimum atomic E-state index is -0.257. The van der Waals surface area contributed by atoms with Crippen LogP contribution in [0, 0.1) is 0 Å². The van der Waals surface area contributed by atoms with Crippen LogP contribution in [-0.4, -0.2) is 24.1 Å². The van der Waals surface area contributed by atoms with E-state index in [1.54, 1.807) is 36.4 Å². The van der Waals surface area contributed by atoms with Crippen molar-refractivity contribution in [3.05, 3.63) is 65.2 Å². The smallest absolute Gasteiger partial charge is 0.251 e. The van der Waals surface area contributed by atoms with Crippen molar-refractivity contribution < 1.29 is 14.4 Å². The number of rotatable bonds is 6. The van der Waals surface area contributed by atoms with Gasteiger partial charge in [-0.25, -0.2) is 0 Å². The molecule has 0 atom stereocenters. The van der Waals surface area contributed by atoms with Crippen molar-refractivity contribution in [2.45, 2.75) is 39.5 Å². The van der Waals surface area contributed by atoms with Gasteiger partial charge in [0.1, 0.15) is 0 Å². The number of Topliss-reactive ketones (excluding diaryl/α,β-unsaturated/α-hetero) is 1. The highest BCUT2D eigenvalue weighted by Crippen LogP contribution is 2.22. The summed E-state index contributed by atoms with van der Waals surface area (Å²) in [6, 6.07) is 14.3. The van der Waals surface area contributed by atoms with E-state index in [2.05, 4.69) is 31.4 Å². The van der Waals surface area contributed by atoms with Crippen LogP contribution in [0.5, 0.6) is 0 Å². The Kier molecular flexibility index (Phi) is 6.50. The van der Waals surface area contributed by atoms with E-state index < -0.39 is 0 Å². The normalized spacial score (nSPS) is 11.0. The van der Waals surface area contributed by atoms with E-state index in [-0.39, 0.29) is 36.0 Å². The van der Waals surface area contributed by atoms with Crippen LogP contribution < -0.4 is 10.6 Å². The number of amides is 2. The number of para-hydroxylation sites is 1. The molecule has 0 saturated carbocycles. The van der Waals surface area contributed by atoms with Gasteiger partial charge in [0, 0.05) is 24.1 Å². The van der Waals surface area contributed by atoms with Gasteiger partial charge in [-0.05, 0) is 42.2 Å². The number of benzene rings is 2. The van der Waals surface area contributed by atoms with Crippen LogP contribution in [0.1, 0.15) is 60.4 Å². The summed E-state index contributed by atoms with van der Waals surface area (Å²) in [5, 5.41) is 5.46. The molecule has 2 aromatic rings. The summed E-state index contributed by atoms with van der Waals surface area (Å²) >= 11 is 0. The summed E-state index contributed by atoms with van der Waals surface area (Å²) in [6.07, 6.45) is 0.123. The van der Waals surface area contributed by atoms with Gasteiger partial charge >= 0.3 is 0 Å². The molecule has 142 valence electrons. The minimum Gasteiger partial charge on any atom is -0.352 e. The molecule has 0 aliphatic carbocycles. The number of nitrogens with one attached hydrogen (secondary N) is 2. The van der Waals surface area contributed by atoms with Crippen molar-refractivity contribution in [1.82, 2.24) is 5.32 Å². The lowest BCUT2D eigenvalue weighted by atomic mass is 9.87. The summed E-state index contributed by atoms with van der Waals surface area (Å²) in [7, 11) is 0. The first-order valence-electron chi connectivity index (χ1n) is 8.97. The summed E-state index contributed by atoms with van der Waals surface area (Å²) in [6.45, 7) is 8.02. The second kappa shape index (κ2) is 8.62. The lowest BCUT2D eigenvalue weighted by Gasteiger charge is -2.19. The zero-order valence-corrected chi connectivity index (χ0v) is 16.3. The Morgan fingerprint density at radius 3 is 2.15 bits per heavy atom. The molecule has 2 N–H and O–H groups in total. The zero-order valence-electron chi connectivity index (χ0n) is 16.3. The first-order chi connectivity index (χ1) is 12.7. The highest BCUT2D eigenvalue weighted by Gasteiger charge is 2.14. The van der Waals surface area contributed by atoms with Crippen molar-refractivity contribution in [1.29, 1.82) is 0 Å². The maximum Gasteiger partial charge on any atom is 0.251 e. The van der Waals surface area contributed by atoms with E-state index >= 15 is 0 Å². The van der Waals surface area contributed by atoms with Gasteiger partial charge < -0.3 is 10.6 Å². The third kappa shape index (κ3) is 5.78. The van der Waals surface area contributed by atoms with E-state index in [0.29, 0.717) is 16.8 Å². The number of anilines is 1. The van der Waals surface area contributed by atoms with Crippen LogP contribution >= 0.6 is 0 Å². The van der Waals surface area contributed by atoms with Crippen LogP contribution in [0.15, 0.2) is 48.5 Å². The van der Waals surface area contributed by atoms with Crippen LogP contribution in [0.2, 0.25) is 0 Å². The molecule has 0 fully saturated rings. The summed E-state index contributed by atoms with van der Waals surface area (Å²) < 4.78 is 0. The number of ketones is 1. The van der Waals surface area contributed by atoms with Gasteiger partial charge in [-0.15, -0.1) is 0 Å². The van der Waals surface area contributed by atoms with Gasteiger partial charge in [0.2, 0.25) is 5.91 Å². The molecule has 5 heteroatoms. The van der Waals surface area contributed by atoms with Crippen molar-refractivity contribution in [2.24, 2.45) is 0 Å². The molecule has 27 heavy (non-hydrogen) atoms. The van der Waals surface area contributed by atoms with Crippen LogP contribution in [0.4, 0.5) is 5.69 Å². The third-order valence-electron chi connectivity index (χ3n) is 4.23. The van der Waals surface area contributed by atoms with Gasteiger partial charge in [0.05, 0.1) is 5.69 Å². The molecule has 0 aliphatic heterocycles. The molecule has 2 rings (SSSR count). The molecule has 2 aromatic carbocycles. The maximum atomic E-state index is 12.2. The molecule has 0 aromatic heterocycles. The quantitative estimate of drug-likeness (QED) is 0.760. The minimum absolute atomic E-state index is 0.0310. The topological polar surface area (TPSA) is 75.3 Å². The fraction of sp³-hybridized carbons (Fsp3) is 0.318. The van der Waals surface area contributed by atoms with E-state index in [0.717, 1.165) is 5.56 Å². The zero-order chi connectivity index (χ0) is 20.0. The van der Waals surface area contributed by atoms with Gasteiger partial charge in [0.15, 0.2) is 5.78 Å². The molecule has 0 radical (unpaired) electrons. The van der Waals surface area contributed by atoms with Gasteiger partial charge in [0.25, 0.3) is 5.91 Å². The Bertz CT molecular complexity index is 833. The van der Waals surface area contributed by atoms with Gasteiger partial charge in [-0.1, -0.05) is 45.0 Å². The standard InChI is InChI=1S/C22H26N2O3/c1-15(25)18-7-5-6-8-19(18)24-20(26)13-14-23-21(27)16-9-11-17(12-10-16)22(2,3)4/h5-12H,13-14H2,1-4H3,(H,23,27)(H,24,26). The second-order valence-electron chi connectivity index (χ2n) is 7.48. The number of hydrogen-bond donors (Lipinski definition) is 2. The second-order valence-corrected chi connectivity index (χ2v) is 7.48. The summed E-state index contributed by atoms with van der Waals surface area (Å²) in [5.74, 6) is -0.586. The van der Waals surface area contributed by atoms with E-state index in [1.807, 2.05) is 12.1 Å². The molecule has 0 heterocycles. The van der Waals surface area contributed by atoms with Crippen LogP contribution in [0.25, 0.3) is 0 Å². The Morgan fingerprint density at radius 2 is 1.56 bits per heavy atom. The highest BCUT2D eigenvalue weighted by atomic mass is 16.2. The largest absolute Gasteiger partial charge is 0.352 e. The molecule has 0 spiro atoms. The lowest BCUT2D eigenvalue weighted by molar-refractivity contribution is -0.116. The Labute approximate surface area is 160 Å². The van der Waals surface area contributed by atoms with E-state index in [1.165, 1.54) is 6.92 Å². The Hall–Kier alpha value is -2.95. The van der Waals surface area contributed by atoms with Crippen molar-refractivity contribution in [3.8, 4) is 0 Å². The average molecular weight is 366 g/mol. The fourth-order valence-electron chi connectivity index (χ4n) is 2.63. The molecular formula is C22H26N2O3. The molecular weight excluding hydrogens is 340 g/mol. The van der Waals surface area contributed by atoms with Crippen LogP contribution in [-0.2, 0) is 10.2 Å². The monoisotopic (exact) mass is 366 g/mol. The van der Waals surface area contributed by atoms with Gasteiger partial charge in [-0.2, -0.15) is 0 Å². The summed E-state index contributed by atoms with van der Waals surface area (Å²) in [5.41, 5.74) is 2.70. The van der Waals surface area contributed by atoms with Gasteiger partial charge in [-0.3, -0.25) is 14.4 Å². The number of carbonyl (C=O) groups excluding carboxylic acids is 3. The first kappa shape index (κ1) is 20.4. The van der Waals surface area contributed by atoms with E-state index in [4.69, 9.17) is 0 Å². The van der Waals surface area contributed by atoms with E-state index in [9.17, 15) is 14.4 Å². The molecule has 0 saturated heterocycles. The van der Waals surface area contributed by atoms with Crippen molar-refractivity contribution in [2.75, 3.05) is 11.9 Å². The average Bonchev–Trinajstić information content (AvgIpc) is 2.61. The third-order valence-corrected chi connectivity index (χ3v) is 4.23. The molecule has 2 amide bonds. The molecule has 0 unspecified atom stereocenters. The SMILES string of the molecule is CC(=O)c1ccccc1NC(=O)CCNC(=O)c1ccc(C(C)(C)C)cc1. The molecule has 0 bridgehead atoms. The van der Waals surface area contributed by atoms with Crippen molar-refractivity contribution >= 4 is 23.3 Å². The summed E-state index contributed by atoms with van der Waals surface area (Å²) in [4.78, 5) is 35.9. The van der Waals surface area contributed by atoms with Crippen molar-refractivity contribution in [3.63, 3.8) is 0 Å². The fourth-order valence-corrected chi connectivity index (χ4v) is 2.63. The number of hydrogen-bond acceptors (Lipinski definition) is 3. The maximum absolute atomic E-state index is 12.2. The number of carbonyl (C=O) groups is 3. The molecule has 5 nitrogen and oxygen atoms in total. The predicted octanol–water partition coefficient (Wildman–Crippen LogP) is 3.95. The Morgan fingerprint density at radius 1 is 0.926 bits per heavy atom. The Balaban J connectivity index is 1.86. The highest BCUT2D eigenvalue weighted by molar-refractivity contribution is 6.03. The first-order valence-corrected chi connectivity index (χ1v) is 8.97. The van der Waals surface area contributed by atoms with Crippen LogP contribution in [0.3, 0.4) is 0 Å². The lowest BCUT2D eigenvalue weighted by Crippen LogP contribution is -2.28. The molecule has 0 aliphatic rings.